The first kappa shape index (κ1) is 10.9. The molecular weight excluding hydrogens is 168 g/mol. The Kier molecular flexibility index (Phi) is 5.45. The molecule has 0 aromatic heterocycles. The number of rotatable bonds is 6. The van der Waals surface area contributed by atoms with Crippen molar-refractivity contribution in [2.24, 2.45) is 0 Å². The fraction of sp³-hybridized carbons (Fsp3) is 1.00. The zero-order valence-electron chi connectivity index (χ0n) is 6.62. The van der Waals surface area contributed by atoms with E-state index in [0.717, 1.165) is 0 Å². The van der Waals surface area contributed by atoms with Crippen LogP contribution in [-0.2, 0) is 14.6 Å². The van der Waals surface area contributed by atoms with Crippen molar-refractivity contribution in [1.82, 2.24) is 0 Å². The van der Waals surface area contributed by atoms with Crippen molar-refractivity contribution in [1.29, 1.82) is 0 Å². The summed E-state index contributed by atoms with van der Waals surface area (Å²) in [5.41, 5.74) is 0. The van der Waals surface area contributed by atoms with Crippen LogP contribution >= 0.6 is 0 Å². The van der Waals surface area contributed by atoms with Crippen LogP contribution in [0.2, 0.25) is 0 Å². The third-order valence-electron chi connectivity index (χ3n) is 1.15. The lowest BCUT2D eigenvalue weighted by Crippen LogP contribution is -2.17. The Bertz CT molecular complexity index is 173. The highest BCUT2D eigenvalue weighted by Gasteiger charge is 2.08. The van der Waals surface area contributed by atoms with Gasteiger partial charge in [-0.15, -0.1) is 0 Å². The predicted molar refractivity (Wildman–Crippen MR) is 42.2 cm³/mol. The minimum atomic E-state index is -3.08. The Hall–Kier alpha value is -0.130. The van der Waals surface area contributed by atoms with E-state index < -0.39 is 9.84 Å². The molecule has 0 rings (SSSR count). The van der Waals surface area contributed by atoms with E-state index in [2.05, 4.69) is 0 Å². The van der Waals surface area contributed by atoms with E-state index in [4.69, 9.17) is 9.84 Å². The lowest BCUT2D eigenvalue weighted by Gasteiger charge is -2.01. The van der Waals surface area contributed by atoms with Gasteiger partial charge in [-0.1, -0.05) is 0 Å². The number of ether oxygens (including phenoxy) is 1. The summed E-state index contributed by atoms with van der Waals surface area (Å²) in [6.45, 7) is 2.24. The highest BCUT2D eigenvalue weighted by molar-refractivity contribution is 7.91. The van der Waals surface area contributed by atoms with Crippen molar-refractivity contribution in [2.45, 2.75) is 6.92 Å². The fourth-order valence-corrected chi connectivity index (χ4v) is 1.43. The fourth-order valence-electron chi connectivity index (χ4n) is 0.571. The number of hydrogen-bond donors (Lipinski definition) is 1. The van der Waals surface area contributed by atoms with Crippen LogP contribution in [0.1, 0.15) is 6.92 Å². The summed E-state index contributed by atoms with van der Waals surface area (Å²) >= 11 is 0. The molecule has 0 fully saturated rings. The van der Waals surface area contributed by atoms with Crippen molar-refractivity contribution < 1.29 is 18.3 Å². The zero-order valence-corrected chi connectivity index (χ0v) is 7.43. The molecule has 0 radical (unpaired) electrons. The van der Waals surface area contributed by atoms with Gasteiger partial charge in [-0.2, -0.15) is 0 Å². The van der Waals surface area contributed by atoms with Crippen LogP contribution in [0.5, 0.6) is 0 Å². The molecule has 0 saturated heterocycles. The minimum Gasteiger partial charge on any atom is -0.395 e. The van der Waals surface area contributed by atoms with Crippen LogP contribution in [-0.4, -0.2) is 44.9 Å². The topological polar surface area (TPSA) is 63.6 Å². The molecule has 68 valence electrons. The van der Waals surface area contributed by atoms with Gasteiger partial charge in [-0.3, -0.25) is 0 Å². The summed E-state index contributed by atoms with van der Waals surface area (Å²) in [4.78, 5) is 0. The van der Waals surface area contributed by atoms with Crippen LogP contribution < -0.4 is 0 Å². The molecule has 0 spiro atoms. The van der Waals surface area contributed by atoms with E-state index in [1.807, 2.05) is 0 Å². The SMILES string of the molecule is CCOCCS(=O)(=O)CCO. The molecule has 0 aliphatic carbocycles. The molecule has 0 aliphatic rings. The van der Waals surface area contributed by atoms with E-state index in [1.54, 1.807) is 6.92 Å². The van der Waals surface area contributed by atoms with Crippen LogP contribution in [0.15, 0.2) is 0 Å². The number of aliphatic hydroxyl groups excluding tert-OH is 1. The van der Waals surface area contributed by atoms with E-state index in [-0.39, 0.29) is 24.7 Å². The molecule has 0 aliphatic heterocycles. The number of hydrogen-bond acceptors (Lipinski definition) is 4. The van der Waals surface area contributed by atoms with Crippen molar-refractivity contribution in [3.05, 3.63) is 0 Å². The van der Waals surface area contributed by atoms with Crippen LogP contribution in [0, 0.1) is 0 Å². The Labute approximate surface area is 67.1 Å². The molecule has 0 unspecified atom stereocenters. The van der Waals surface area contributed by atoms with Crippen LogP contribution in [0.3, 0.4) is 0 Å². The molecule has 0 bridgehead atoms. The van der Waals surface area contributed by atoms with E-state index in [1.165, 1.54) is 0 Å². The average molecular weight is 182 g/mol. The van der Waals surface area contributed by atoms with Gasteiger partial charge in [-0.25, -0.2) is 8.42 Å². The second-order valence-corrected chi connectivity index (χ2v) is 4.38. The Balaban J connectivity index is 3.56. The van der Waals surface area contributed by atoms with Crippen LogP contribution in [0.25, 0.3) is 0 Å². The molecule has 5 heteroatoms. The lowest BCUT2D eigenvalue weighted by atomic mass is 10.8. The molecule has 0 atom stereocenters. The summed E-state index contributed by atoms with van der Waals surface area (Å²) in [6, 6.07) is 0. The van der Waals surface area contributed by atoms with Gasteiger partial charge < -0.3 is 9.84 Å². The van der Waals surface area contributed by atoms with Gasteiger partial charge in [-0.05, 0) is 6.92 Å². The molecule has 0 aromatic rings. The first-order valence-electron chi connectivity index (χ1n) is 3.51. The maximum atomic E-state index is 10.9. The summed E-state index contributed by atoms with van der Waals surface area (Å²) in [5, 5.41) is 8.34. The minimum absolute atomic E-state index is 0.00139. The smallest absolute Gasteiger partial charge is 0.154 e. The second-order valence-electron chi connectivity index (χ2n) is 2.07. The molecular formula is C6H14O4S. The first-order valence-corrected chi connectivity index (χ1v) is 5.33. The van der Waals surface area contributed by atoms with Crippen molar-refractivity contribution in [2.75, 3.05) is 31.3 Å². The Morgan fingerprint density at radius 2 is 2.00 bits per heavy atom. The largest absolute Gasteiger partial charge is 0.395 e. The van der Waals surface area contributed by atoms with E-state index in [0.29, 0.717) is 6.61 Å². The van der Waals surface area contributed by atoms with Gasteiger partial charge in [0.25, 0.3) is 0 Å². The average Bonchev–Trinajstić information content (AvgIpc) is 1.87. The standard InChI is InChI=1S/C6H14O4S/c1-2-10-4-6-11(8,9)5-3-7/h7H,2-6H2,1H3. The molecule has 0 amide bonds. The maximum Gasteiger partial charge on any atom is 0.154 e. The summed E-state index contributed by atoms with van der Waals surface area (Å²) in [5.74, 6) is -0.165. The molecule has 11 heavy (non-hydrogen) atoms. The molecule has 1 N–H and O–H groups in total. The zero-order chi connectivity index (χ0) is 8.74. The summed E-state index contributed by atoms with van der Waals surface area (Å²) in [7, 11) is -3.08. The van der Waals surface area contributed by atoms with Gasteiger partial charge in [0.2, 0.25) is 0 Å². The third kappa shape index (κ3) is 6.28. The molecule has 0 heterocycles. The normalized spacial score (nSPS) is 11.8. The Morgan fingerprint density at radius 1 is 1.36 bits per heavy atom. The van der Waals surface area contributed by atoms with E-state index >= 15 is 0 Å². The molecule has 0 saturated carbocycles. The second kappa shape index (κ2) is 5.51. The number of sulfone groups is 1. The summed E-state index contributed by atoms with van der Waals surface area (Å²) < 4.78 is 26.6. The van der Waals surface area contributed by atoms with Crippen molar-refractivity contribution in [3.8, 4) is 0 Å². The Morgan fingerprint density at radius 3 is 2.45 bits per heavy atom. The molecule has 4 nitrogen and oxygen atoms in total. The summed E-state index contributed by atoms with van der Waals surface area (Å²) in [6.07, 6.45) is 0. The van der Waals surface area contributed by atoms with Crippen molar-refractivity contribution >= 4 is 9.84 Å². The highest BCUT2D eigenvalue weighted by atomic mass is 32.2. The van der Waals surface area contributed by atoms with Crippen molar-refractivity contribution in [3.63, 3.8) is 0 Å². The predicted octanol–water partition coefficient (Wildman–Crippen LogP) is -0.570. The number of aliphatic hydroxyl groups is 1. The highest BCUT2D eigenvalue weighted by Crippen LogP contribution is 1.89. The van der Waals surface area contributed by atoms with E-state index in [9.17, 15) is 8.42 Å². The van der Waals surface area contributed by atoms with Gasteiger partial charge in [0.05, 0.1) is 24.7 Å². The first-order chi connectivity index (χ1) is 5.12. The monoisotopic (exact) mass is 182 g/mol. The van der Waals surface area contributed by atoms with Crippen LogP contribution in [0.4, 0.5) is 0 Å². The van der Waals surface area contributed by atoms with Gasteiger partial charge >= 0.3 is 0 Å². The van der Waals surface area contributed by atoms with Gasteiger partial charge in [0.1, 0.15) is 0 Å². The third-order valence-corrected chi connectivity index (χ3v) is 2.74. The lowest BCUT2D eigenvalue weighted by molar-refractivity contribution is 0.163. The quantitative estimate of drug-likeness (QED) is 0.559. The molecule has 0 aromatic carbocycles. The van der Waals surface area contributed by atoms with Gasteiger partial charge in [0.15, 0.2) is 9.84 Å². The maximum absolute atomic E-state index is 10.9. The van der Waals surface area contributed by atoms with Gasteiger partial charge in [0, 0.05) is 6.61 Å².